The van der Waals surface area contributed by atoms with Crippen molar-refractivity contribution in [2.45, 2.75) is 6.04 Å². The Balaban J connectivity index is 1.05. The zero-order valence-electron chi connectivity index (χ0n) is 28.3. The molecule has 0 spiro atoms. The lowest BCUT2D eigenvalue weighted by Gasteiger charge is -2.26. The van der Waals surface area contributed by atoms with Crippen molar-refractivity contribution in [2.24, 2.45) is 0 Å². The van der Waals surface area contributed by atoms with Crippen molar-refractivity contribution < 1.29 is 0 Å². The second-order valence-corrected chi connectivity index (χ2v) is 13.4. The molecular weight excluding hydrogens is 633 g/mol. The fourth-order valence-electron chi connectivity index (χ4n) is 8.09. The predicted octanol–water partition coefficient (Wildman–Crippen LogP) is 12.4. The molecule has 10 rings (SSSR count). The molecule has 0 saturated heterocycles. The van der Waals surface area contributed by atoms with E-state index in [1.165, 1.54) is 38.7 Å². The van der Waals surface area contributed by atoms with Crippen LogP contribution in [-0.2, 0) is 0 Å². The quantitative estimate of drug-likeness (QED) is 0.106. The Morgan fingerprint density at radius 1 is 0.673 bits per heavy atom. The molecule has 2 N–H and O–H groups in total. The maximum Gasteiger partial charge on any atom is 0.0947 e. The van der Waals surface area contributed by atoms with Gasteiger partial charge in [0, 0.05) is 34.3 Å². The number of anilines is 1. The molecule has 1 aliphatic heterocycles. The lowest BCUT2D eigenvalue weighted by molar-refractivity contribution is 0.994. The van der Waals surface area contributed by atoms with Crippen LogP contribution in [0.3, 0.4) is 0 Å². The Kier molecular flexibility index (Phi) is 6.83. The van der Waals surface area contributed by atoms with E-state index in [0.717, 1.165) is 72.0 Å². The van der Waals surface area contributed by atoms with E-state index in [1.807, 2.05) is 18.3 Å². The van der Waals surface area contributed by atoms with Gasteiger partial charge in [-0.25, -0.2) is 4.98 Å². The molecule has 7 aromatic carbocycles. The standard InChI is InChI=1S/C48H32N4/c1-2-5-36(28-49)37-21-15-31-18-24-41-39(22-16-32-17-23-40(37)44(31)45(32)41)43-26-20-35-14-13-34-19-25-42(51-47(34)48(35)52-43)30-11-9-29(10-12-30)38-8-3-6-33-7-4-27-50-46(33)38/h2-28,43,49,52H,1H2/b36-5+,49-28?. The Morgan fingerprint density at radius 3 is 2.23 bits per heavy atom. The molecular formula is C48H32N4. The zero-order valence-corrected chi connectivity index (χ0v) is 28.3. The number of hydrogen-bond acceptors (Lipinski definition) is 4. The average Bonchev–Trinajstić information content (AvgIpc) is 3.21. The second-order valence-electron chi connectivity index (χ2n) is 13.4. The number of nitrogens with zero attached hydrogens (tertiary/aromatic N) is 2. The minimum absolute atomic E-state index is 0.0426. The van der Waals surface area contributed by atoms with Crippen molar-refractivity contribution in [3.8, 4) is 22.4 Å². The number of pyridine rings is 2. The van der Waals surface area contributed by atoms with Crippen LogP contribution in [0.25, 0.3) is 88.2 Å². The first kappa shape index (κ1) is 30.0. The van der Waals surface area contributed by atoms with Gasteiger partial charge in [-0.2, -0.15) is 0 Å². The Bertz CT molecular complexity index is 2960. The number of benzene rings is 7. The molecule has 0 radical (unpaired) electrons. The highest BCUT2D eigenvalue weighted by molar-refractivity contribution is 6.27. The van der Waals surface area contributed by atoms with Crippen LogP contribution in [0.4, 0.5) is 5.69 Å². The van der Waals surface area contributed by atoms with Gasteiger partial charge < -0.3 is 10.7 Å². The molecule has 4 nitrogen and oxygen atoms in total. The minimum Gasteiger partial charge on any atom is -0.372 e. The summed E-state index contributed by atoms with van der Waals surface area (Å²) < 4.78 is 0. The number of allylic oxidation sites excluding steroid dienone is 3. The summed E-state index contributed by atoms with van der Waals surface area (Å²) in [6, 6.07) is 45.3. The first-order valence-electron chi connectivity index (χ1n) is 17.6. The summed E-state index contributed by atoms with van der Waals surface area (Å²) in [4.78, 5) is 9.94. The van der Waals surface area contributed by atoms with E-state index in [0.29, 0.717) is 0 Å². The van der Waals surface area contributed by atoms with Gasteiger partial charge in [0.15, 0.2) is 0 Å². The zero-order chi connectivity index (χ0) is 34.8. The number of para-hydroxylation sites is 1. The van der Waals surface area contributed by atoms with Crippen molar-refractivity contribution in [3.63, 3.8) is 0 Å². The molecule has 0 saturated carbocycles. The SMILES string of the molecule is C=C/C=C(\C=N)c1ccc2ccc3c(C4C=Cc5ccc6ccc(-c7ccc(-c8cccc9cccnc89)cc7)nc6c5N4)ccc4ccc1c2c43. The highest BCUT2D eigenvalue weighted by Crippen LogP contribution is 2.43. The Labute approximate surface area is 301 Å². The third-order valence-corrected chi connectivity index (χ3v) is 10.6. The number of hydrogen-bond donors (Lipinski definition) is 2. The van der Waals surface area contributed by atoms with Gasteiger partial charge in [0.1, 0.15) is 0 Å². The molecule has 0 aliphatic carbocycles. The molecule has 4 heteroatoms. The smallest absolute Gasteiger partial charge is 0.0947 e. The molecule has 0 fully saturated rings. The molecule has 2 aromatic heterocycles. The van der Waals surface area contributed by atoms with Crippen molar-refractivity contribution in [1.29, 1.82) is 5.41 Å². The van der Waals surface area contributed by atoms with Crippen molar-refractivity contribution in [3.05, 3.63) is 175 Å². The van der Waals surface area contributed by atoms with Crippen molar-refractivity contribution in [2.75, 3.05) is 5.32 Å². The normalized spacial score (nSPS) is 14.3. The van der Waals surface area contributed by atoms with Crippen molar-refractivity contribution >= 4 is 77.7 Å². The first-order valence-corrected chi connectivity index (χ1v) is 17.6. The minimum atomic E-state index is -0.0426. The summed E-state index contributed by atoms with van der Waals surface area (Å²) in [6.45, 7) is 3.88. The van der Waals surface area contributed by atoms with Gasteiger partial charge in [0.25, 0.3) is 0 Å². The van der Waals surface area contributed by atoms with Crippen LogP contribution in [0.1, 0.15) is 22.7 Å². The summed E-state index contributed by atoms with van der Waals surface area (Å²) in [5, 5.41) is 21.5. The van der Waals surface area contributed by atoms with Crippen LogP contribution in [-0.4, -0.2) is 16.2 Å². The summed E-state index contributed by atoms with van der Waals surface area (Å²) >= 11 is 0. The number of aromatic nitrogens is 2. The maximum absolute atomic E-state index is 8.08. The molecule has 1 unspecified atom stereocenters. The molecule has 52 heavy (non-hydrogen) atoms. The van der Waals surface area contributed by atoms with Gasteiger partial charge in [-0.15, -0.1) is 0 Å². The van der Waals surface area contributed by atoms with Crippen LogP contribution in [0.15, 0.2) is 158 Å². The van der Waals surface area contributed by atoms with Gasteiger partial charge >= 0.3 is 0 Å². The van der Waals surface area contributed by atoms with Gasteiger partial charge in [0.2, 0.25) is 0 Å². The number of rotatable bonds is 6. The summed E-state index contributed by atoms with van der Waals surface area (Å²) in [5.74, 6) is 0. The molecule has 1 atom stereocenters. The number of fused-ring (bicyclic) bond motifs is 4. The van der Waals surface area contributed by atoms with E-state index in [9.17, 15) is 0 Å². The average molecular weight is 665 g/mol. The lowest BCUT2D eigenvalue weighted by Crippen LogP contribution is -2.13. The Hall–Kier alpha value is -6.91. The molecule has 0 bridgehead atoms. The van der Waals surface area contributed by atoms with E-state index in [-0.39, 0.29) is 6.04 Å². The second kappa shape index (κ2) is 11.9. The van der Waals surface area contributed by atoms with E-state index in [4.69, 9.17) is 10.4 Å². The van der Waals surface area contributed by atoms with Gasteiger partial charge in [-0.3, -0.25) is 4.98 Å². The molecule has 3 heterocycles. The summed E-state index contributed by atoms with van der Waals surface area (Å²) in [5.41, 5.74) is 11.5. The van der Waals surface area contributed by atoms with E-state index >= 15 is 0 Å². The Morgan fingerprint density at radius 2 is 1.38 bits per heavy atom. The van der Waals surface area contributed by atoms with Gasteiger partial charge in [-0.1, -0.05) is 146 Å². The summed E-state index contributed by atoms with van der Waals surface area (Å²) in [6.07, 6.45) is 11.4. The van der Waals surface area contributed by atoms with Gasteiger partial charge in [-0.05, 0) is 72.3 Å². The summed E-state index contributed by atoms with van der Waals surface area (Å²) in [7, 11) is 0. The van der Waals surface area contributed by atoms with E-state index < -0.39 is 0 Å². The number of nitrogens with one attached hydrogen (secondary N) is 2. The van der Waals surface area contributed by atoms with Crippen LogP contribution >= 0.6 is 0 Å². The first-order chi connectivity index (χ1) is 25.7. The topological polar surface area (TPSA) is 61.7 Å². The van der Waals surface area contributed by atoms with E-state index in [2.05, 4.69) is 150 Å². The molecule has 0 amide bonds. The fourth-order valence-corrected chi connectivity index (χ4v) is 8.09. The van der Waals surface area contributed by atoms with Gasteiger partial charge in [0.05, 0.1) is 28.5 Å². The monoisotopic (exact) mass is 664 g/mol. The van der Waals surface area contributed by atoms with E-state index in [1.54, 1.807) is 6.08 Å². The van der Waals surface area contributed by atoms with Crippen LogP contribution in [0.2, 0.25) is 0 Å². The third kappa shape index (κ3) is 4.65. The highest BCUT2D eigenvalue weighted by Gasteiger charge is 2.22. The molecule has 244 valence electrons. The largest absolute Gasteiger partial charge is 0.372 e. The molecule has 1 aliphatic rings. The predicted molar refractivity (Wildman–Crippen MR) is 220 cm³/mol. The van der Waals surface area contributed by atoms with Crippen LogP contribution in [0, 0.1) is 5.41 Å². The van der Waals surface area contributed by atoms with Crippen LogP contribution in [0.5, 0.6) is 0 Å². The van der Waals surface area contributed by atoms with Crippen LogP contribution < -0.4 is 5.32 Å². The highest BCUT2D eigenvalue weighted by atomic mass is 14.9. The molecule has 9 aromatic rings. The maximum atomic E-state index is 8.08. The third-order valence-electron chi connectivity index (χ3n) is 10.6. The lowest BCUT2D eigenvalue weighted by atomic mass is 9.86. The fraction of sp³-hybridized carbons (Fsp3) is 0.0208. The van der Waals surface area contributed by atoms with Crippen molar-refractivity contribution in [1.82, 2.24) is 9.97 Å².